The second-order valence-electron chi connectivity index (χ2n) is 5.63. The van der Waals surface area contributed by atoms with Crippen LogP contribution < -0.4 is 10.00 Å². The Morgan fingerprint density at radius 3 is 2.82 bits per heavy atom. The molecule has 0 aliphatic carbocycles. The van der Waals surface area contributed by atoms with Gasteiger partial charge in [0.15, 0.2) is 17.8 Å². The minimum absolute atomic E-state index is 0.0609. The Kier molecular flexibility index (Phi) is 4.33. The van der Waals surface area contributed by atoms with Crippen molar-refractivity contribution in [3.8, 4) is 11.3 Å². The predicted octanol–water partition coefficient (Wildman–Crippen LogP) is 3.67. The molecular formula is C19H21N2O+. The van der Waals surface area contributed by atoms with Gasteiger partial charge in [0.25, 0.3) is 0 Å². The summed E-state index contributed by atoms with van der Waals surface area (Å²) in [5.41, 5.74) is 2.85. The number of benzene rings is 1. The summed E-state index contributed by atoms with van der Waals surface area (Å²) in [6.07, 6.45) is 7.83. The summed E-state index contributed by atoms with van der Waals surface area (Å²) < 4.78 is 2.19. The molecule has 0 fully saturated rings. The molecule has 3 rings (SSSR count). The maximum absolute atomic E-state index is 12.2. The van der Waals surface area contributed by atoms with Gasteiger partial charge in [0.2, 0.25) is 0 Å². The summed E-state index contributed by atoms with van der Waals surface area (Å²) in [4.78, 5) is 15.6. The van der Waals surface area contributed by atoms with Gasteiger partial charge in [-0.05, 0) is 24.6 Å². The van der Waals surface area contributed by atoms with Crippen molar-refractivity contribution in [2.45, 2.75) is 32.7 Å². The van der Waals surface area contributed by atoms with Gasteiger partial charge < -0.3 is 4.98 Å². The number of nitrogens with zero attached hydrogens (tertiary/aromatic N) is 1. The van der Waals surface area contributed by atoms with Crippen LogP contribution in [0, 0.1) is 0 Å². The van der Waals surface area contributed by atoms with Crippen molar-refractivity contribution in [3.05, 3.63) is 65.1 Å². The van der Waals surface area contributed by atoms with E-state index in [0.717, 1.165) is 28.7 Å². The van der Waals surface area contributed by atoms with Gasteiger partial charge in [-0.15, -0.1) is 0 Å². The number of rotatable bonds is 5. The second kappa shape index (κ2) is 6.56. The molecule has 0 radical (unpaired) electrons. The van der Waals surface area contributed by atoms with Gasteiger partial charge in [-0.3, -0.25) is 4.79 Å². The van der Waals surface area contributed by atoms with Gasteiger partial charge in [-0.25, -0.2) is 4.57 Å². The van der Waals surface area contributed by atoms with E-state index in [2.05, 4.69) is 28.9 Å². The molecule has 0 bridgehead atoms. The van der Waals surface area contributed by atoms with Crippen LogP contribution in [-0.2, 0) is 6.54 Å². The molecule has 3 aromatic rings. The zero-order valence-electron chi connectivity index (χ0n) is 12.9. The summed E-state index contributed by atoms with van der Waals surface area (Å²) >= 11 is 0. The van der Waals surface area contributed by atoms with Crippen LogP contribution in [0.25, 0.3) is 22.2 Å². The third-order valence-electron chi connectivity index (χ3n) is 3.93. The minimum Gasteiger partial charge on any atom is -0.354 e. The summed E-state index contributed by atoms with van der Waals surface area (Å²) in [7, 11) is 0. The van der Waals surface area contributed by atoms with Gasteiger partial charge in [-0.1, -0.05) is 25.5 Å². The first-order valence-corrected chi connectivity index (χ1v) is 7.89. The van der Waals surface area contributed by atoms with Gasteiger partial charge in [0.1, 0.15) is 6.54 Å². The summed E-state index contributed by atoms with van der Waals surface area (Å²) in [5, 5.41) is 0.734. The number of fused-ring (bicyclic) bond motifs is 1. The number of nitrogens with one attached hydrogen (secondary N) is 1. The van der Waals surface area contributed by atoms with Crippen molar-refractivity contribution in [1.82, 2.24) is 4.98 Å². The Labute approximate surface area is 130 Å². The van der Waals surface area contributed by atoms with Crippen molar-refractivity contribution < 1.29 is 4.57 Å². The molecule has 0 aliphatic rings. The van der Waals surface area contributed by atoms with E-state index in [1.54, 1.807) is 6.07 Å². The Morgan fingerprint density at radius 1 is 1.09 bits per heavy atom. The Morgan fingerprint density at radius 2 is 1.95 bits per heavy atom. The molecule has 3 heteroatoms. The molecule has 3 nitrogen and oxygen atoms in total. The quantitative estimate of drug-likeness (QED) is 0.565. The fourth-order valence-corrected chi connectivity index (χ4v) is 2.72. The first-order valence-electron chi connectivity index (χ1n) is 7.89. The van der Waals surface area contributed by atoms with Crippen LogP contribution in [-0.4, -0.2) is 4.98 Å². The van der Waals surface area contributed by atoms with Crippen LogP contribution in [0.1, 0.15) is 26.2 Å². The number of aromatic nitrogens is 2. The number of H-pyrrole nitrogens is 1. The number of unbranched alkanes of at least 4 members (excludes halogenated alkanes) is 2. The van der Waals surface area contributed by atoms with Crippen molar-refractivity contribution in [1.29, 1.82) is 0 Å². The monoisotopic (exact) mass is 293 g/mol. The number of aromatic amines is 1. The smallest absolute Gasteiger partial charge is 0.190 e. The van der Waals surface area contributed by atoms with Crippen LogP contribution >= 0.6 is 0 Å². The van der Waals surface area contributed by atoms with E-state index in [4.69, 9.17) is 0 Å². The summed E-state index contributed by atoms with van der Waals surface area (Å²) in [6.45, 7) is 3.22. The second-order valence-corrected chi connectivity index (χ2v) is 5.63. The summed E-state index contributed by atoms with van der Waals surface area (Å²) in [6, 6.07) is 13.4. The Balaban J connectivity index is 1.97. The molecule has 0 unspecified atom stereocenters. The van der Waals surface area contributed by atoms with E-state index in [1.165, 1.54) is 19.3 Å². The van der Waals surface area contributed by atoms with E-state index >= 15 is 0 Å². The van der Waals surface area contributed by atoms with Crippen molar-refractivity contribution in [2.24, 2.45) is 0 Å². The molecule has 22 heavy (non-hydrogen) atoms. The SMILES string of the molecule is CCCCC[n+]1cccc(-c2cc(=O)c3ccccc3[nH]2)c1. The zero-order chi connectivity index (χ0) is 15.4. The highest BCUT2D eigenvalue weighted by Crippen LogP contribution is 2.16. The number of hydrogen-bond donors (Lipinski definition) is 1. The van der Waals surface area contributed by atoms with E-state index in [9.17, 15) is 4.79 Å². The van der Waals surface area contributed by atoms with Crippen molar-refractivity contribution >= 4 is 10.9 Å². The number of para-hydroxylation sites is 1. The molecule has 0 aliphatic heterocycles. The van der Waals surface area contributed by atoms with Crippen LogP contribution in [0.4, 0.5) is 0 Å². The third kappa shape index (κ3) is 3.08. The van der Waals surface area contributed by atoms with Crippen molar-refractivity contribution in [2.75, 3.05) is 0 Å². The van der Waals surface area contributed by atoms with Gasteiger partial charge in [-0.2, -0.15) is 0 Å². The van der Waals surface area contributed by atoms with Gasteiger partial charge in [0, 0.05) is 29.5 Å². The molecule has 1 aromatic carbocycles. The van der Waals surface area contributed by atoms with Crippen LogP contribution in [0.5, 0.6) is 0 Å². The van der Waals surface area contributed by atoms with E-state index in [1.807, 2.05) is 36.4 Å². The molecule has 0 amide bonds. The average Bonchev–Trinajstić information content (AvgIpc) is 2.55. The molecule has 2 aromatic heterocycles. The molecule has 1 N–H and O–H groups in total. The highest BCUT2D eigenvalue weighted by Gasteiger charge is 2.08. The molecule has 0 saturated carbocycles. The van der Waals surface area contributed by atoms with Crippen LogP contribution in [0.15, 0.2) is 59.7 Å². The normalized spacial score (nSPS) is 11.0. The third-order valence-corrected chi connectivity index (χ3v) is 3.93. The highest BCUT2D eigenvalue weighted by molar-refractivity contribution is 5.81. The lowest BCUT2D eigenvalue weighted by Gasteiger charge is -2.04. The fraction of sp³-hybridized carbons (Fsp3) is 0.263. The molecule has 0 spiro atoms. The first kappa shape index (κ1) is 14.5. The highest BCUT2D eigenvalue weighted by atomic mass is 16.1. The average molecular weight is 293 g/mol. The molecule has 0 atom stereocenters. The Bertz CT molecular complexity index is 836. The predicted molar refractivity (Wildman–Crippen MR) is 89.7 cm³/mol. The van der Waals surface area contributed by atoms with E-state index in [-0.39, 0.29) is 5.43 Å². The van der Waals surface area contributed by atoms with Gasteiger partial charge >= 0.3 is 0 Å². The van der Waals surface area contributed by atoms with E-state index in [0.29, 0.717) is 0 Å². The summed E-state index contributed by atoms with van der Waals surface area (Å²) in [5.74, 6) is 0. The topological polar surface area (TPSA) is 36.7 Å². The standard InChI is InChI=1S/C19H20N2O/c1-2-3-6-11-21-12-7-8-15(14-21)18-13-19(22)16-9-4-5-10-17(16)20-18/h4-5,7-10,12-14H,2-3,6,11H2,1H3/p+1. The number of hydrogen-bond acceptors (Lipinski definition) is 1. The van der Waals surface area contributed by atoms with Crippen molar-refractivity contribution in [3.63, 3.8) is 0 Å². The van der Waals surface area contributed by atoms with Crippen LogP contribution in [0.2, 0.25) is 0 Å². The molecule has 0 saturated heterocycles. The maximum atomic E-state index is 12.2. The Hall–Kier alpha value is -2.42. The number of aryl methyl sites for hydroxylation is 1. The lowest BCUT2D eigenvalue weighted by Crippen LogP contribution is -2.32. The molecule has 112 valence electrons. The largest absolute Gasteiger partial charge is 0.354 e. The molecular weight excluding hydrogens is 272 g/mol. The fourth-order valence-electron chi connectivity index (χ4n) is 2.72. The van der Waals surface area contributed by atoms with Gasteiger partial charge in [0.05, 0.1) is 11.3 Å². The molecule has 2 heterocycles. The van der Waals surface area contributed by atoms with Crippen LogP contribution in [0.3, 0.4) is 0 Å². The lowest BCUT2D eigenvalue weighted by atomic mass is 10.1. The lowest BCUT2D eigenvalue weighted by molar-refractivity contribution is -0.696. The zero-order valence-corrected chi connectivity index (χ0v) is 12.9. The van der Waals surface area contributed by atoms with E-state index < -0.39 is 0 Å². The minimum atomic E-state index is 0.0609. The number of pyridine rings is 2. The maximum Gasteiger partial charge on any atom is 0.190 e. The first-order chi connectivity index (χ1) is 10.8.